The molecule has 0 saturated carbocycles. The Labute approximate surface area is 280 Å². The largest absolute Gasteiger partial charge is 0.360 e. The summed E-state index contributed by atoms with van der Waals surface area (Å²) in [6.45, 7) is 4.61. The first-order valence-electron chi connectivity index (χ1n) is 14.8. The van der Waals surface area contributed by atoms with Gasteiger partial charge in [0, 0.05) is 51.8 Å². The predicted octanol–water partition coefficient (Wildman–Crippen LogP) is 7.69. The molecule has 0 aliphatic rings. The van der Waals surface area contributed by atoms with Crippen LogP contribution in [0.3, 0.4) is 0 Å². The second-order valence-electron chi connectivity index (χ2n) is 10.5. The van der Waals surface area contributed by atoms with Crippen molar-refractivity contribution in [3.05, 3.63) is 58.5 Å². The van der Waals surface area contributed by atoms with Gasteiger partial charge in [0.1, 0.15) is 11.8 Å². The van der Waals surface area contributed by atoms with E-state index in [2.05, 4.69) is 62.4 Å². The van der Waals surface area contributed by atoms with Crippen LogP contribution < -0.4 is 0 Å². The fourth-order valence-corrected chi connectivity index (χ4v) is 17.0. The molecule has 0 radical (unpaired) electrons. The molecule has 0 bridgehead atoms. The number of hydrogen-bond acceptors (Lipinski definition) is 11. The van der Waals surface area contributed by atoms with E-state index >= 15 is 0 Å². The maximum atomic E-state index is 5.67. The molecule has 0 aliphatic carbocycles. The van der Waals surface area contributed by atoms with Crippen molar-refractivity contribution in [1.29, 1.82) is 0 Å². The highest BCUT2D eigenvalue weighted by Gasteiger charge is 2.30. The van der Waals surface area contributed by atoms with Crippen molar-refractivity contribution in [2.45, 2.75) is 61.4 Å². The summed E-state index contributed by atoms with van der Waals surface area (Å²) in [6.07, 6.45) is 2.22. The molecule has 6 nitrogen and oxygen atoms in total. The molecule has 2 aromatic heterocycles. The SMILES string of the molecule is CCC([SiH2]C(OC)OC)C(CSSSCC(c1nc2ccccc2s1)C(CC)[SiH2]C(OC)OC)c1nc2ccccc2s1. The van der Waals surface area contributed by atoms with E-state index in [0.717, 1.165) is 35.4 Å². The van der Waals surface area contributed by atoms with Crippen LogP contribution in [0.2, 0.25) is 11.1 Å². The lowest BCUT2D eigenvalue weighted by molar-refractivity contribution is -0.0451. The fourth-order valence-electron chi connectivity index (χ4n) is 5.45. The third-order valence-corrected chi connectivity index (χ3v) is 20.3. The first-order chi connectivity index (χ1) is 21.0. The van der Waals surface area contributed by atoms with Gasteiger partial charge in [-0.2, -0.15) is 0 Å². The predicted molar refractivity (Wildman–Crippen MR) is 198 cm³/mol. The topological polar surface area (TPSA) is 62.7 Å². The van der Waals surface area contributed by atoms with Gasteiger partial charge in [0.15, 0.2) is 0 Å². The number of para-hydroxylation sites is 2. The Kier molecular flexibility index (Phi) is 15.3. The quantitative estimate of drug-likeness (QED) is 0.0397. The van der Waals surface area contributed by atoms with Crippen molar-refractivity contribution >= 4 is 93.6 Å². The van der Waals surface area contributed by atoms with Crippen molar-refractivity contribution in [3.8, 4) is 0 Å². The molecule has 236 valence electrons. The highest BCUT2D eigenvalue weighted by Crippen LogP contribution is 2.47. The van der Waals surface area contributed by atoms with Gasteiger partial charge in [0.2, 0.25) is 0 Å². The standard InChI is InChI=1S/C30H44N2O4S5Si2/c1-7-25(42-29(33-3)34-4)19(27-31-21-13-9-11-15-23(21)39-27)17-37-41-38-18-20(26(8-2)43-30(35-5)36-6)28-32-22-14-10-12-16-24(22)40-28/h9-16,19-20,25-26,29-30H,7-8,17-18,42-43H2,1-6H3. The van der Waals surface area contributed by atoms with Crippen LogP contribution in [-0.4, -0.2) is 80.8 Å². The number of thiazole rings is 2. The zero-order valence-electron chi connectivity index (χ0n) is 25.9. The maximum Gasteiger partial charge on any atom is 0.134 e. The molecule has 43 heavy (non-hydrogen) atoms. The summed E-state index contributed by atoms with van der Waals surface area (Å²) >= 11 is 3.70. The number of fused-ring (bicyclic) bond motifs is 2. The summed E-state index contributed by atoms with van der Waals surface area (Å²) in [6, 6.07) is 17.0. The second-order valence-corrected chi connectivity index (χ2v) is 21.3. The van der Waals surface area contributed by atoms with E-state index in [1.165, 1.54) is 19.4 Å². The molecule has 2 heterocycles. The van der Waals surface area contributed by atoms with Crippen LogP contribution in [0.25, 0.3) is 20.4 Å². The van der Waals surface area contributed by atoms with Crippen molar-refractivity contribution in [3.63, 3.8) is 0 Å². The van der Waals surface area contributed by atoms with Gasteiger partial charge in [-0.05, 0) is 45.2 Å². The van der Waals surface area contributed by atoms with Crippen molar-refractivity contribution in [1.82, 2.24) is 9.97 Å². The number of nitrogens with zero attached hydrogens (tertiary/aromatic N) is 2. The average Bonchev–Trinajstić information content (AvgIpc) is 3.67. The van der Waals surface area contributed by atoms with Crippen LogP contribution in [0.4, 0.5) is 0 Å². The third kappa shape index (κ3) is 9.77. The molecule has 0 N–H and O–H groups in total. The molecule has 4 aromatic rings. The lowest BCUT2D eigenvalue weighted by atomic mass is 10.1. The van der Waals surface area contributed by atoms with E-state index in [-0.39, 0.29) is 11.8 Å². The average molecular weight is 713 g/mol. The molecule has 0 fully saturated rings. The first-order valence-corrected chi connectivity index (χ1v) is 23.5. The van der Waals surface area contributed by atoms with E-state index in [1.54, 1.807) is 28.4 Å². The summed E-state index contributed by atoms with van der Waals surface area (Å²) in [5, 5.41) is 2.50. The Balaban J connectivity index is 1.46. The minimum atomic E-state index is -0.651. The van der Waals surface area contributed by atoms with Crippen molar-refractivity contribution in [2.75, 3.05) is 39.9 Å². The summed E-state index contributed by atoms with van der Waals surface area (Å²) in [5.74, 6) is 2.69. The number of rotatable bonds is 20. The van der Waals surface area contributed by atoms with Crippen LogP contribution in [0, 0.1) is 0 Å². The molecule has 0 saturated heterocycles. The maximum absolute atomic E-state index is 5.67. The Morgan fingerprint density at radius 2 is 1.05 bits per heavy atom. The normalized spacial score (nSPS) is 15.6. The van der Waals surface area contributed by atoms with E-state index in [0.29, 0.717) is 22.9 Å². The zero-order chi connectivity index (χ0) is 30.6. The molecule has 4 atom stereocenters. The zero-order valence-corrected chi connectivity index (χ0v) is 32.8. The number of methoxy groups -OCH3 is 4. The van der Waals surface area contributed by atoms with E-state index < -0.39 is 19.0 Å². The van der Waals surface area contributed by atoms with E-state index in [4.69, 9.17) is 28.9 Å². The lowest BCUT2D eigenvalue weighted by Gasteiger charge is -2.27. The monoisotopic (exact) mass is 712 g/mol. The molecule has 0 spiro atoms. The molecular formula is C30H44N2O4S5Si2. The number of hydrogen-bond donors (Lipinski definition) is 0. The number of benzene rings is 2. The molecule has 13 heteroatoms. The van der Waals surface area contributed by atoms with Gasteiger partial charge in [-0.15, -0.1) is 22.7 Å². The van der Waals surface area contributed by atoms with E-state index in [1.807, 2.05) is 54.1 Å². The van der Waals surface area contributed by atoms with Gasteiger partial charge in [-0.1, -0.05) is 72.5 Å². The highest BCUT2D eigenvalue weighted by atomic mass is 33.5. The van der Waals surface area contributed by atoms with Crippen LogP contribution in [-0.2, 0) is 18.9 Å². The molecule has 4 rings (SSSR count). The molecular weight excluding hydrogens is 669 g/mol. The summed E-state index contributed by atoms with van der Waals surface area (Å²) in [7, 11) is 11.6. The molecule has 4 unspecified atom stereocenters. The van der Waals surface area contributed by atoms with Gasteiger partial charge in [-0.3, -0.25) is 0 Å². The molecule has 0 amide bonds. The van der Waals surface area contributed by atoms with Crippen LogP contribution in [0.1, 0.15) is 48.5 Å². The Morgan fingerprint density at radius 3 is 1.40 bits per heavy atom. The van der Waals surface area contributed by atoms with Crippen molar-refractivity contribution < 1.29 is 18.9 Å². The number of ether oxygens (including phenoxy) is 4. The Hall–Kier alpha value is -0.456. The summed E-state index contributed by atoms with van der Waals surface area (Å²) in [4.78, 5) is 10.2. The Bertz CT molecular complexity index is 1200. The molecule has 2 aromatic carbocycles. The van der Waals surface area contributed by atoms with Gasteiger partial charge >= 0.3 is 0 Å². The molecule has 0 aliphatic heterocycles. The van der Waals surface area contributed by atoms with Crippen LogP contribution >= 0.6 is 54.1 Å². The van der Waals surface area contributed by atoms with Crippen molar-refractivity contribution in [2.24, 2.45) is 0 Å². The smallest absolute Gasteiger partial charge is 0.134 e. The van der Waals surface area contributed by atoms with Crippen LogP contribution in [0.15, 0.2) is 48.5 Å². The third-order valence-electron chi connectivity index (χ3n) is 8.08. The fraction of sp³-hybridized carbons (Fsp3) is 0.533. The minimum Gasteiger partial charge on any atom is -0.360 e. The van der Waals surface area contributed by atoms with Gasteiger partial charge in [-0.25, -0.2) is 9.97 Å². The summed E-state index contributed by atoms with van der Waals surface area (Å²) in [5.41, 5.74) is 3.30. The Morgan fingerprint density at radius 1 is 0.651 bits per heavy atom. The van der Waals surface area contributed by atoms with Gasteiger partial charge in [0.05, 0.1) is 49.5 Å². The minimum absolute atomic E-state index is 0.0680. The number of aromatic nitrogens is 2. The van der Waals surface area contributed by atoms with Gasteiger partial charge < -0.3 is 18.9 Å². The summed E-state index contributed by atoms with van der Waals surface area (Å²) < 4.78 is 25.2. The van der Waals surface area contributed by atoms with E-state index in [9.17, 15) is 0 Å². The lowest BCUT2D eigenvalue weighted by Crippen LogP contribution is -2.29. The van der Waals surface area contributed by atoms with Crippen LogP contribution in [0.5, 0.6) is 0 Å². The van der Waals surface area contributed by atoms with Gasteiger partial charge in [0.25, 0.3) is 0 Å². The second kappa shape index (κ2) is 18.6. The first kappa shape index (κ1) is 35.4. The highest BCUT2D eigenvalue weighted by molar-refractivity contribution is 9.09.